The first-order valence-electron chi connectivity index (χ1n) is 11.5. The SMILES string of the molecule is CC(C)(C)[Si](Oc1cccc2c1CCCC(CO)C2)(c1ccccc1)c1ccccc1. The highest BCUT2D eigenvalue weighted by atomic mass is 28.4. The summed E-state index contributed by atoms with van der Waals surface area (Å²) in [5, 5.41) is 12.3. The quantitative estimate of drug-likeness (QED) is 0.450. The molecule has 0 bridgehead atoms. The molecule has 0 fully saturated rings. The summed E-state index contributed by atoms with van der Waals surface area (Å²) in [7, 11) is -2.64. The van der Waals surface area contributed by atoms with Crippen LogP contribution in [0.4, 0.5) is 0 Å². The monoisotopic (exact) mass is 430 g/mol. The molecule has 1 atom stereocenters. The van der Waals surface area contributed by atoms with E-state index in [0.29, 0.717) is 5.92 Å². The Morgan fingerprint density at radius 2 is 1.48 bits per heavy atom. The Balaban J connectivity index is 1.89. The summed E-state index contributed by atoms with van der Waals surface area (Å²) in [5.41, 5.74) is 2.68. The van der Waals surface area contributed by atoms with E-state index in [-0.39, 0.29) is 11.6 Å². The molecule has 0 radical (unpaired) electrons. The lowest BCUT2D eigenvalue weighted by Gasteiger charge is -2.43. The van der Waals surface area contributed by atoms with E-state index in [1.807, 2.05) is 0 Å². The van der Waals surface area contributed by atoms with Gasteiger partial charge in [0.25, 0.3) is 0 Å². The van der Waals surface area contributed by atoms with Crippen LogP contribution in [0.1, 0.15) is 44.7 Å². The maximum absolute atomic E-state index is 9.78. The van der Waals surface area contributed by atoms with E-state index in [1.165, 1.54) is 21.5 Å². The number of aliphatic hydroxyl groups is 1. The second-order valence-electron chi connectivity index (χ2n) is 9.80. The fourth-order valence-electron chi connectivity index (χ4n) is 5.13. The number of aliphatic hydroxyl groups excluding tert-OH is 1. The largest absolute Gasteiger partial charge is 0.534 e. The highest BCUT2D eigenvalue weighted by Crippen LogP contribution is 2.40. The summed E-state index contributed by atoms with van der Waals surface area (Å²) in [4.78, 5) is 0. The third-order valence-corrected chi connectivity index (χ3v) is 11.6. The predicted molar refractivity (Wildman–Crippen MR) is 132 cm³/mol. The van der Waals surface area contributed by atoms with Crippen LogP contribution in [0.2, 0.25) is 5.04 Å². The Labute approximate surface area is 188 Å². The van der Waals surface area contributed by atoms with Gasteiger partial charge in [0.05, 0.1) is 0 Å². The lowest BCUT2D eigenvalue weighted by Crippen LogP contribution is -2.68. The van der Waals surface area contributed by atoms with Gasteiger partial charge < -0.3 is 9.53 Å². The Hall–Kier alpha value is -2.36. The molecule has 0 aromatic heterocycles. The van der Waals surface area contributed by atoms with Crippen molar-refractivity contribution in [2.75, 3.05) is 6.61 Å². The predicted octanol–water partition coefficient (Wildman–Crippen LogP) is 5.11. The molecule has 2 nitrogen and oxygen atoms in total. The zero-order valence-electron chi connectivity index (χ0n) is 19.0. The van der Waals surface area contributed by atoms with Crippen molar-refractivity contribution in [2.45, 2.75) is 51.5 Å². The zero-order chi connectivity index (χ0) is 21.9. The first-order valence-corrected chi connectivity index (χ1v) is 13.4. The molecule has 0 heterocycles. The smallest absolute Gasteiger partial charge is 0.319 e. The third-order valence-electron chi connectivity index (χ3n) is 6.72. The van der Waals surface area contributed by atoms with Crippen molar-refractivity contribution in [3.05, 3.63) is 90.0 Å². The topological polar surface area (TPSA) is 29.5 Å². The van der Waals surface area contributed by atoms with Gasteiger partial charge in [0.1, 0.15) is 5.75 Å². The van der Waals surface area contributed by atoms with Gasteiger partial charge in [-0.3, -0.25) is 0 Å². The van der Waals surface area contributed by atoms with Gasteiger partial charge in [0.15, 0.2) is 0 Å². The summed E-state index contributed by atoms with van der Waals surface area (Å²) >= 11 is 0. The molecule has 1 unspecified atom stereocenters. The van der Waals surface area contributed by atoms with Crippen LogP contribution in [0, 0.1) is 5.92 Å². The van der Waals surface area contributed by atoms with Gasteiger partial charge >= 0.3 is 8.32 Å². The van der Waals surface area contributed by atoms with E-state index in [9.17, 15) is 5.11 Å². The zero-order valence-corrected chi connectivity index (χ0v) is 20.0. The summed E-state index contributed by atoms with van der Waals surface area (Å²) in [5.74, 6) is 1.38. The minimum atomic E-state index is -2.64. The standard InChI is InChI=1S/C28H34O2Si/c1-28(2,3)31(24-14-6-4-7-15-24,25-16-8-5-9-17-25)30-27-19-11-13-23-20-22(21-29)12-10-18-26(23)27/h4-9,11,13-17,19,22,29H,10,12,18,20-21H2,1-3H3. The molecule has 4 rings (SSSR count). The van der Waals surface area contributed by atoms with E-state index in [2.05, 4.69) is 99.6 Å². The van der Waals surface area contributed by atoms with Crippen LogP contribution >= 0.6 is 0 Å². The van der Waals surface area contributed by atoms with E-state index in [0.717, 1.165) is 31.4 Å². The molecular weight excluding hydrogens is 396 g/mol. The van der Waals surface area contributed by atoms with Crippen molar-refractivity contribution in [1.29, 1.82) is 0 Å². The number of hydrogen-bond donors (Lipinski definition) is 1. The van der Waals surface area contributed by atoms with E-state index in [1.54, 1.807) is 0 Å². The van der Waals surface area contributed by atoms with Gasteiger partial charge in [-0.2, -0.15) is 0 Å². The van der Waals surface area contributed by atoms with Gasteiger partial charge in [-0.1, -0.05) is 93.6 Å². The second-order valence-corrected chi connectivity index (χ2v) is 14.0. The fraction of sp³-hybridized carbons (Fsp3) is 0.357. The van der Waals surface area contributed by atoms with E-state index >= 15 is 0 Å². The maximum Gasteiger partial charge on any atom is 0.319 e. The fourth-order valence-corrected chi connectivity index (χ4v) is 9.58. The minimum Gasteiger partial charge on any atom is -0.534 e. The van der Waals surface area contributed by atoms with Crippen LogP contribution in [0.15, 0.2) is 78.9 Å². The van der Waals surface area contributed by atoms with Crippen molar-refractivity contribution >= 4 is 18.7 Å². The Bertz CT molecular complexity index is 953. The molecule has 0 saturated heterocycles. The lowest BCUT2D eigenvalue weighted by atomic mass is 9.97. The van der Waals surface area contributed by atoms with Gasteiger partial charge in [0, 0.05) is 6.61 Å². The van der Waals surface area contributed by atoms with Crippen molar-refractivity contribution in [2.24, 2.45) is 5.92 Å². The molecule has 3 heteroatoms. The van der Waals surface area contributed by atoms with Gasteiger partial charge in [-0.05, 0) is 64.2 Å². The average Bonchev–Trinajstić information content (AvgIpc) is 3.00. The summed E-state index contributed by atoms with van der Waals surface area (Å²) < 4.78 is 7.34. The molecule has 0 amide bonds. The number of fused-ring (bicyclic) bond motifs is 1. The average molecular weight is 431 g/mol. The minimum absolute atomic E-state index is 0.0587. The number of rotatable bonds is 5. The van der Waals surface area contributed by atoms with Crippen LogP contribution in [-0.2, 0) is 12.8 Å². The van der Waals surface area contributed by atoms with Crippen molar-refractivity contribution in [3.8, 4) is 5.75 Å². The van der Waals surface area contributed by atoms with Gasteiger partial charge in [-0.25, -0.2) is 0 Å². The van der Waals surface area contributed by atoms with Gasteiger partial charge in [-0.15, -0.1) is 0 Å². The van der Waals surface area contributed by atoms with Crippen LogP contribution in [0.3, 0.4) is 0 Å². The molecule has 1 N–H and O–H groups in total. The first kappa shape index (κ1) is 21.9. The maximum atomic E-state index is 9.78. The van der Waals surface area contributed by atoms with Crippen LogP contribution in [-0.4, -0.2) is 20.0 Å². The van der Waals surface area contributed by atoms with Crippen LogP contribution < -0.4 is 14.8 Å². The van der Waals surface area contributed by atoms with Gasteiger partial charge in [0.2, 0.25) is 0 Å². The Kier molecular flexibility index (Phi) is 6.36. The highest BCUT2D eigenvalue weighted by Gasteiger charge is 2.52. The molecule has 3 aromatic carbocycles. The molecule has 0 spiro atoms. The molecule has 1 aliphatic carbocycles. The first-order chi connectivity index (χ1) is 15.0. The Morgan fingerprint density at radius 3 is 2.03 bits per heavy atom. The molecule has 3 aromatic rings. The van der Waals surface area contributed by atoms with Crippen LogP contribution in [0.5, 0.6) is 5.75 Å². The van der Waals surface area contributed by atoms with Crippen molar-refractivity contribution < 1.29 is 9.53 Å². The second kappa shape index (κ2) is 9.02. The normalized spacial score (nSPS) is 17.0. The third kappa shape index (κ3) is 4.22. The number of benzene rings is 3. The summed E-state index contributed by atoms with van der Waals surface area (Å²) in [6.07, 6.45) is 4.12. The molecular formula is C28H34O2Si. The van der Waals surface area contributed by atoms with E-state index < -0.39 is 8.32 Å². The molecule has 162 valence electrons. The lowest BCUT2D eigenvalue weighted by molar-refractivity contribution is 0.218. The van der Waals surface area contributed by atoms with Crippen LogP contribution in [0.25, 0.3) is 0 Å². The van der Waals surface area contributed by atoms with E-state index in [4.69, 9.17) is 4.43 Å². The summed E-state index contributed by atoms with van der Waals surface area (Å²) in [6, 6.07) is 28.2. The number of hydrogen-bond acceptors (Lipinski definition) is 2. The highest BCUT2D eigenvalue weighted by molar-refractivity contribution is 7.00. The Morgan fingerprint density at radius 1 is 0.871 bits per heavy atom. The van der Waals surface area contributed by atoms with Crippen molar-refractivity contribution in [1.82, 2.24) is 0 Å². The summed E-state index contributed by atoms with van der Waals surface area (Å²) in [6.45, 7) is 7.23. The molecule has 1 aliphatic rings. The molecule has 0 aliphatic heterocycles. The van der Waals surface area contributed by atoms with Crippen molar-refractivity contribution in [3.63, 3.8) is 0 Å². The molecule has 31 heavy (non-hydrogen) atoms. The molecule has 0 saturated carbocycles.